The first-order valence-electron chi connectivity index (χ1n) is 5.37. The lowest BCUT2D eigenvalue weighted by Gasteiger charge is -2.15. The van der Waals surface area contributed by atoms with E-state index in [1.807, 2.05) is 6.07 Å². The van der Waals surface area contributed by atoms with Crippen LogP contribution in [0.15, 0.2) is 30.3 Å². The largest absolute Gasteiger partial charge is 0.290 e. The van der Waals surface area contributed by atoms with Gasteiger partial charge in [0, 0.05) is 23.9 Å². The van der Waals surface area contributed by atoms with Crippen molar-refractivity contribution >= 4 is 17.7 Å². The molecule has 4 heteroatoms. The molecule has 0 bridgehead atoms. The number of benzene rings is 1. The van der Waals surface area contributed by atoms with E-state index >= 15 is 0 Å². The highest BCUT2D eigenvalue weighted by atomic mass is 35.5. The van der Waals surface area contributed by atoms with Crippen molar-refractivity contribution in [2.24, 2.45) is 5.92 Å². The van der Waals surface area contributed by atoms with E-state index < -0.39 is 0 Å². The molecule has 0 spiro atoms. The monoisotopic (exact) mass is 239 g/mol. The molecule has 1 aromatic rings. The number of hydrogen-bond donors (Lipinski definition) is 0. The van der Waals surface area contributed by atoms with Gasteiger partial charge in [-0.25, -0.2) is 0 Å². The molecule has 0 fully saturated rings. The molecule has 1 radical (unpaired) electrons. The molecule has 1 atom stereocenters. The van der Waals surface area contributed by atoms with Crippen LogP contribution in [0, 0.1) is 5.92 Å². The summed E-state index contributed by atoms with van der Waals surface area (Å²) >= 11 is 5.85. The van der Waals surface area contributed by atoms with Crippen LogP contribution in [0.4, 0.5) is 0 Å². The average Bonchev–Trinajstić information content (AvgIpc) is 2.29. The number of rotatable bonds is 5. The quantitative estimate of drug-likeness (QED) is 0.585. The molecule has 0 heterocycles. The third-order valence-electron chi connectivity index (χ3n) is 2.38. The van der Waals surface area contributed by atoms with Gasteiger partial charge in [-0.15, -0.1) is 9.95 Å². The Labute approximate surface area is 101 Å². The molecule has 0 aromatic heterocycles. The zero-order valence-corrected chi connectivity index (χ0v) is 10.3. The standard InChI is InChI=1S/C12H16ClN2O/c1-3-10(2)9-15(13)14-12(16)11-7-5-4-6-8-11/h4-8,10H,3,9H2,1-2H3. The summed E-state index contributed by atoms with van der Waals surface area (Å²) in [6, 6.07) is 8.90. The molecule has 0 N–H and O–H groups in total. The average molecular weight is 240 g/mol. The van der Waals surface area contributed by atoms with Crippen molar-refractivity contribution < 1.29 is 4.79 Å². The number of hydrogen-bond acceptors (Lipinski definition) is 2. The Balaban J connectivity index is 2.46. The smallest absolute Gasteiger partial charge is 0.266 e. The van der Waals surface area contributed by atoms with Gasteiger partial charge in [-0.2, -0.15) is 0 Å². The molecular weight excluding hydrogens is 224 g/mol. The Morgan fingerprint density at radius 1 is 1.44 bits per heavy atom. The fourth-order valence-corrected chi connectivity index (χ4v) is 1.47. The van der Waals surface area contributed by atoms with Gasteiger partial charge in [0.15, 0.2) is 0 Å². The zero-order valence-electron chi connectivity index (χ0n) is 9.56. The van der Waals surface area contributed by atoms with Crippen LogP contribution in [0.25, 0.3) is 0 Å². The van der Waals surface area contributed by atoms with Gasteiger partial charge in [-0.1, -0.05) is 38.5 Å². The molecule has 0 aliphatic rings. The Kier molecular flexibility index (Phi) is 5.29. The minimum Gasteiger partial charge on any atom is -0.266 e. The third kappa shape index (κ3) is 4.21. The molecule has 0 saturated carbocycles. The van der Waals surface area contributed by atoms with Gasteiger partial charge in [-0.05, 0) is 18.1 Å². The Bertz CT molecular complexity index is 329. The minimum atomic E-state index is -0.307. The van der Waals surface area contributed by atoms with Crippen molar-refractivity contribution in [1.82, 2.24) is 9.95 Å². The summed E-state index contributed by atoms with van der Waals surface area (Å²) in [5, 5.41) is 0. The molecule has 16 heavy (non-hydrogen) atoms. The first kappa shape index (κ1) is 13.0. The molecule has 1 rings (SSSR count). The second kappa shape index (κ2) is 6.51. The maximum absolute atomic E-state index is 11.6. The Morgan fingerprint density at radius 3 is 2.62 bits per heavy atom. The fraction of sp³-hybridized carbons (Fsp3) is 0.417. The van der Waals surface area contributed by atoms with Gasteiger partial charge in [0.2, 0.25) is 0 Å². The highest BCUT2D eigenvalue weighted by Crippen LogP contribution is 2.06. The number of nitrogens with zero attached hydrogens (tertiary/aromatic N) is 2. The zero-order chi connectivity index (χ0) is 12.0. The predicted octanol–water partition coefficient (Wildman–Crippen LogP) is 2.85. The van der Waals surface area contributed by atoms with Gasteiger partial charge >= 0.3 is 0 Å². The maximum atomic E-state index is 11.6. The van der Waals surface area contributed by atoms with Crippen LogP contribution < -0.4 is 5.43 Å². The molecule has 87 valence electrons. The number of halogens is 1. The van der Waals surface area contributed by atoms with E-state index in [1.54, 1.807) is 24.3 Å². The van der Waals surface area contributed by atoms with Gasteiger partial charge in [-0.3, -0.25) is 4.79 Å². The van der Waals surface area contributed by atoms with Crippen molar-refractivity contribution in [3.63, 3.8) is 0 Å². The SMILES string of the molecule is CCC(C)CN(Cl)[N]C(=O)c1ccccc1. The van der Waals surface area contributed by atoms with E-state index in [0.717, 1.165) is 6.42 Å². The van der Waals surface area contributed by atoms with Gasteiger partial charge in [0.05, 0.1) is 0 Å². The summed E-state index contributed by atoms with van der Waals surface area (Å²) in [5.41, 5.74) is 4.35. The first-order chi connectivity index (χ1) is 7.63. The van der Waals surface area contributed by atoms with Gasteiger partial charge < -0.3 is 0 Å². The van der Waals surface area contributed by atoms with Crippen molar-refractivity contribution in [3.05, 3.63) is 35.9 Å². The van der Waals surface area contributed by atoms with Gasteiger partial charge in [0.1, 0.15) is 0 Å². The van der Waals surface area contributed by atoms with Crippen molar-refractivity contribution in [2.45, 2.75) is 20.3 Å². The van der Waals surface area contributed by atoms with Gasteiger partial charge in [0.25, 0.3) is 5.91 Å². The highest BCUT2D eigenvalue weighted by molar-refractivity contribution is 6.14. The van der Waals surface area contributed by atoms with Crippen LogP contribution in [0.1, 0.15) is 30.6 Å². The maximum Gasteiger partial charge on any atom is 0.290 e. The van der Waals surface area contributed by atoms with Crippen molar-refractivity contribution in [1.29, 1.82) is 0 Å². The first-order valence-corrected chi connectivity index (χ1v) is 5.71. The van der Waals surface area contributed by atoms with Crippen LogP contribution in [0.2, 0.25) is 0 Å². The molecule has 3 nitrogen and oxygen atoms in total. The second-order valence-electron chi connectivity index (χ2n) is 3.80. The van der Waals surface area contributed by atoms with E-state index in [0.29, 0.717) is 18.0 Å². The number of carbonyl (C=O) groups is 1. The van der Waals surface area contributed by atoms with Crippen LogP contribution >= 0.6 is 11.8 Å². The molecule has 1 amide bonds. The van der Waals surface area contributed by atoms with E-state index in [9.17, 15) is 4.79 Å². The summed E-state index contributed by atoms with van der Waals surface area (Å²) in [6.45, 7) is 4.73. The van der Waals surface area contributed by atoms with Crippen LogP contribution in [0.5, 0.6) is 0 Å². The summed E-state index contributed by atoms with van der Waals surface area (Å²) < 4.78 is 1.20. The van der Waals surface area contributed by atoms with E-state index in [4.69, 9.17) is 11.8 Å². The van der Waals surface area contributed by atoms with E-state index in [1.165, 1.54) is 4.53 Å². The highest BCUT2D eigenvalue weighted by Gasteiger charge is 2.13. The summed E-state index contributed by atoms with van der Waals surface area (Å²) in [4.78, 5) is 11.6. The van der Waals surface area contributed by atoms with E-state index in [-0.39, 0.29) is 5.91 Å². The van der Waals surface area contributed by atoms with Crippen molar-refractivity contribution in [3.8, 4) is 0 Å². The number of amides is 1. The summed E-state index contributed by atoms with van der Waals surface area (Å²) in [5.74, 6) is 0.115. The molecule has 0 aliphatic heterocycles. The molecule has 0 aliphatic carbocycles. The predicted molar refractivity (Wildman–Crippen MR) is 64.9 cm³/mol. The Hall–Kier alpha value is -1.06. The molecule has 1 unspecified atom stereocenters. The molecule has 0 saturated heterocycles. The lowest BCUT2D eigenvalue weighted by atomic mass is 10.1. The lowest BCUT2D eigenvalue weighted by Crippen LogP contribution is -2.31. The summed E-state index contributed by atoms with van der Waals surface area (Å²) in [6.07, 6.45) is 1.01. The normalized spacial score (nSPS) is 12.5. The van der Waals surface area contributed by atoms with E-state index in [2.05, 4.69) is 19.3 Å². The Morgan fingerprint density at radius 2 is 2.06 bits per heavy atom. The van der Waals surface area contributed by atoms with Crippen LogP contribution in [-0.2, 0) is 0 Å². The summed E-state index contributed by atoms with van der Waals surface area (Å²) in [7, 11) is 0. The number of carbonyl (C=O) groups excluding carboxylic acids is 1. The van der Waals surface area contributed by atoms with Crippen LogP contribution in [-0.4, -0.2) is 17.0 Å². The van der Waals surface area contributed by atoms with Crippen molar-refractivity contribution in [2.75, 3.05) is 6.54 Å². The minimum absolute atomic E-state index is 0.307. The second-order valence-corrected chi connectivity index (χ2v) is 4.19. The molecule has 1 aromatic carbocycles. The third-order valence-corrected chi connectivity index (χ3v) is 2.59. The van der Waals surface area contributed by atoms with Crippen LogP contribution in [0.3, 0.4) is 0 Å². The lowest BCUT2D eigenvalue weighted by molar-refractivity contribution is 0.0863. The fourth-order valence-electron chi connectivity index (χ4n) is 1.16. The molecular formula is C12H16ClN2O. The topological polar surface area (TPSA) is 34.4 Å².